The Morgan fingerprint density at radius 3 is 2.63 bits per heavy atom. The molecule has 19 heavy (non-hydrogen) atoms. The van der Waals surface area contributed by atoms with Crippen LogP contribution in [-0.2, 0) is 16.0 Å². The van der Waals surface area contributed by atoms with E-state index in [2.05, 4.69) is 5.32 Å². The number of amides is 1. The van der Waals surface area contributed by atoms with Gasteiger partial charge in [-0.1, -0.05) is 12.1 Å². The van der Waals surface area contributed by atoms with Crippen LogP contribution in [0.25, 0.3) is 0 Å². The Labute approximate surface area is 111 Å². The Morgan fingerprint density at radius 1 is 1.37 bits per heavy atom. The van der Waals surface area contributed by atoms with E-state index in [4.69, 9.17) is 5.11 Å². The lowest BCUT2D eigenvalue weighted by atomic mass is 9.98. The van der Waals surface area contributed by atoms with E-state index in [1.54, 1.807) is 26.0 Å². The van der Waals surface area contributed by atoms with Gasteiger partial charge in [-0.15, -0.1) is 0 Å². The molecular weight excluding hydrogens is 249 g/mol. The third-order valence-corrected chi connectivity index (χ3v) is 2.70. The van der Waals surface area contributed by atoms with E-state index in [0.717, 1.165) is 0 Å². The summed E-state index contributed by atoms with van der Waals surface area (Å²) in [6.07, 6.45) is 0.415. The van der Waals surface area contributed by atoms with Crippen molar-refractivity contribution in [1.82, 2.24) is 5.32 Å². The number of hydrogen-bond acceptors (Lipinski definition) is 2. The summed E-state index contributed by atoms with van der Waals surface area (Å²) in [5.41, 5.74) is -0.00506. The highest BCUT2D eigenvalue weighted by Gasteiger charge is 2.21. The third kappa shape index (κ3) is 5.99. The van der Waals surface area contributed by atoms with Crippen LogP contribution >= 0.6 is 0 Å². The molecular formula is C14H18FNO3. The summed E-state index contributed by atoms with van der Waals surface area (Å²) in [6, 6.07) is 5.85. The van der Waals surface area contributed by atoms with Gasteiger partial charge in [-0.25, -0.2) is 4.39 Å². The number of carbonyl (C=O) groups excluding carboxylic acids is 1. The van der Waals surface area contributed by atoms with Gasteiger partial charge in [0.1, 0.15) is 5.82 Å². The molecule has 0 atom stereocenters. The zero-order valence-corrected chi connectivity index (χ0v) is 11.1. The fourth-order valence-electron chi connectivity index (χ4n) is 1.74. The first-order valence-corrected chi connectivity index (χ1v) is 6.06. The number of rotatable bonds is 6. The van der Waals surface area contributed by atoms with Gasteiger partial charge >= 0.3 is 5.97 Å². The molecule has 0 unspecified atom stereocenters. The smallest absolute Gasteiger partial charge is 0.303 e. The Morgan fingerprint density at radius 2 is 2.05 bits per heavy atom. The Bertz CT molecular complexity index is 472. The van der Waals surface area contributed by atoms with Crippen molar-refractivity contribution in [2.24, 2.45) is 0 Å². The number of hydrogen-bond donors (Lipinski definition) is 2. The van der Waals surface area contributed by atoms with Gasteiger partial charge in [0.25, 0.3) is 0 Å². The molecule has 0 aliphatic rings. The maximum atomic E-state index is 13.0. The fourth-order valence-corrected chi connectivity index (χ4v) is 1.74. The van der Waals surface area contributed by atoms with Crippen molar-refractivity contribution in [2.75, 3.05) is 0 Å². The van der Waals surface area contributed by atoms with Crippen LogP contribution in [-0.4, -0.2) is 22.5 Å². The Kier molecular flexibility index (Phi) is 5.03. The Balaban J connectivity index is 2.52. The van der Waals surface area contributed by atoms with Gasteiger partial charge in [-0.3, -0.25) is 9.59 Å². The van der Waals surface area contributed by atoms with Gasteiger partial charge in [0.15, 0.2) is 0 Å². The summed E-state index contributed by atoms with van der Waals surface area (Å²) in [5.74, 6) is -1.52. The number of carbonyl (C=O) groups is 2. The maximum Gasteiger partial charge on any atom is 0.303 e. The van der Waals surface area contributed by atoms with Crippen molar-refractivity contribution in [3.63, 3.8) is 0 Å². The SMILES string of the molecule is CC(C)(CCC(=O)O)NC(=O)Cc1cccc(F)c1. The lowest BCUT2D eigenvalue weighted by Crippen LogP contribution is -2.44. The lowest BCUT2D eigenvalue weighted by Gasteiger charge is -2.25. The topological polar surface area (TPSA) is 66.4 Å². The van der Waals surface area contributed by atoms with Crippen LogP contribution in [0, 0.1) is 5.82 Å². The van der Waals surface area contributed by atoms with Gasteiger partial charge in [0, 0.05) is 12.0 Å². The van der Waals surface area contributed by atoms with E-state index in [0.29, 0.717) is 12.0 Å². The van der Waals surface area contributed by atoms with Gasteiger partial charge in [0.2, 0.25) is 5.91 Å². The molecule has 0 aromatic heterocycles. The highest BCUT2D eigenvalue weighted by atomic mass is 19.1. The van der Waals surface area contributed by atoms with Gasteiger partial charge < -0.3 is 10.4 Å². The quantitative estimate of drug-likeness (QED) is 0.829. The van der Waals surface area contributed by atoms with E-state index in [1.807, 2.05) is 0 Å². The summed E-state index contributed by atoms with van der Waals surface area (Å²) in [7, 11) is 0. The molecule has 5 heteroatoms. The molecule has 0 bridgehead atoms. The highest BCUT2D eigenvalue weighted by Crippen LogP contribution is 2.12. The standard InChI is InChI=1S/C14H18FNO3/c1-14(2,7-6-13(18)19)16-12(17)9-10-4-3-5-11(15)8-10/h3-5,8H,6-7,9H2,1-2H3,(H,16,17)(H,18,19). The zero-order valence-electron chi connectivity index (χ0n) is 11.1. The molecule has 0 aliphatic heterocycles. The minimum Gasteiger partial charge on any atom is -0.481 e. The largest absolute Gasteiger partial charge is 0.481 e. The molecule has 0 saturated heterocycles. The number of carboxylic acid groups (broad SMARTS) is 1. The minimum absolute atomic E-state index is 0.00670. The molecule has 1 rings (SSSR count). The van der Waals surface area contributed by atoms with E-state index in [-0.39, 0.29) is 24.6 Å². The molecule has 1 aromatic rings. The molecule has 4 nitrogen and oxygen atoms in total. The fraction of sp³-hybridized carbons (Fsp3) is 0.429. The van der Waals surface area contributed by atoms with Crippen molar-refractivity contribution in [3.05, 3.63) is 35.6 Å². The van der Waals surface area contributed by atoms with Gasteiger partial charge in [-0.05, 0) is 38.0 Å². The zero-order chi connectivity index (χ0) is 14.5. The van der Waals surface area contributed by atoms with E-state index >= 15 is 0 Å². The van der Waals surface area contributed by atoms with Crippen molar-refractivity contribution in [2.45, 2.75) is 38.6 Å². The van der Waals surface area contributed by atoms with Crippen LogP contribution in [0.4, 0.5) is 4.39 Å². The van der Waals surface area contributed by atoms with Crippen LogP contribution in [0.3, 0.4) is 0 Å². The normalized spacial score (nSPS) is 11.1. The first-order valence-electron chi connectivity index (χ1n) is 6.06. The number of benzene rings is 1. The van der Waals surface area contributed by atoms with Crippen molar-refractivity contribution < 1.29 is 19.1 Å². The number of nitrogens with one attached hydrogen (secondary N) is 1. The van der Waals surface area contributed by atoms with Crippen LogP contribution in [0.5, 0.6) is 0 Å². The molecule has 0 radical (unpaired) electrons. The molecule has 0 heterocycles. The summed E-state index contributed by atoms with van der Waals surface area (Å²) in [5, 5.41) is 11.4. The van der Waals surface area contributed by atoms with E-state index in [1.165, 1.54) is 12.1 Å². The van der Waals surface area contributed by atoms with Crippen molar-refractivity contribution in [3.8, 4) is 0 Å². The number of halogens is 1. The van der Waals surface area contributed by atoms with Crippen LogP contribution < -0.4 is 5.32 Å². The van der Waals surface area contributed by atoms with E-state index < -0.39 is 11.5 Å². The maximum absolute atomic E-state index is 13.0. The summed E-state index contributed by atoms with van der Waals surface area (Å²) < 4.78 is 13.0. The predicted molar refractivity (Wildman–Crippen MR) is 69.2 cm³/mol. The number of aliphatic carboxylic acids is 1. The van der Waals surface area contributed by atoms with Crippen molar-refractivity contribution in [1.29, 1.82) is 0 Å². The summed E-state index contributed by atoms with van der Waals surface area (Å²) in [6.45, 7) is 3.53. The molecule has 1 amide bonds. The first kappa shape index (κ1) is 15.1. The molecule has 2 N–H and O–H groups in total. The second-order valence-electron chi connectivity index (χ2n) is 5.13. The van der Waals surface area contributed by atoms with Crippen LogP contribution in [0.15, 0.2) is 24.3 Å². The molecule has 0 spiro atoms. The molecule has 0 aliphatic carbocycles. The van der Waals surface area contributed by atoms with Crippen molar-refractivity contribution >= 4 is 11.9 Å². The molecule has 1 aromatic carbocycles. The van der Waals surface area contributed by atoms with Crippen LogP contribution in [0.2, 0.25) is 0 Å². The first-order chi connectivity index (χ1) is 8.78. The lowest BCUT2D eigenvalue weighted by molar-refractivity contribution is -0.137. The Hall–Kier alpha value is -1.91. The van der Waals surface area contributed by atoms with Gasteiger partial charge in [0.05, 0.1) is 6.42 Å². The van der Waals surface area contributed by atoms with Crippen LogP contribution in [0.1, 0.15) is 32.3 Å². The average Bonchev–Trinajstić information content (AvgIpc) is 2.25. The number of carboxylic acids is 1. The van der Waals surface area contributed by atoms with E-state index in [9.17, 15) is 14.0 Å². The van der Waals surface area contributed by atoms with Gasteiger partial charge in [-0.2, -0.15) is 0 Å². The molecule has 0 fully saturated rings. The second-order valence-corrected chi connectivity index (χ2v) is 5.13. The summed E-state index contributed by atoms with van der Waals surface area (Å²) >= 11 is 0. The second kappa shape index (κ2) is 6.31. The average molecular weight is 267 g/mol. The predicted octanol–water partition coefficient (Wildman–Crippen LogP) is 2.13. The molecule has 0 saturated carbocycles. The minimum atomic E-state index is -0.896. The molecule has 104 valence electrons. The highest BCUT2D eigenvalue weighted by molar-refractivity contribution is 5.79. The third-order valence-electron chi connectivity index (χ3n) is 2.70. The summed E-state index contributed by atoms with van der Waals surface area (Å²) in [4.78, 5) is 22.3. The monoisotopic (exact) mass is 267 g/mol.